The van der Waals surface area contributed by atoms with Crippen molar-refractivity contribution in [1.82, 2.24) is 0 Å². The fourth-order valence-corrected chi connectivity index (χ4v) is 3.73. The number of nitrogens with two attached hydrogens (primary N) is 1. The van der Waals surface area contributed by atoms with Gasteiger partial charge in [-0.25, -0.2) is 0 Å². The Bertz CT molecular complexity index is 564. The quantitative estimate of drug-likeness (QED) is 0.522. The van der Waals surface area contributed by atoms with Crippen LogP contribution in [0.4, 0.5) is 0 Å². The zero-order valence-corrected chi connectivity index (χ0v) is 13.4. The number of halogens is 2. The summed E-state index contributed by atoms with van der Waals surface area (Å²) in [5.74, 6) is 0. The molecule has 2 aromatic rings. The summed E-state index contributed by atoms with van der Waals surface area (Å²) in [6.45, 7) is 5.06. The molecular weight excluding hydrogens is 303 g/mol. The molecule has 112 valence electrons. The molecule has 1 fully saturated rings. The number of benzene rings is 2. The molecule has 3 N–H and O–H groups in total. The topological polar surface area (TPSA) is 21.1 Å². The Hall–Kier alpha value is -1.06. The summed E-state index contributed by atoms with van der Waals surface area (Å²) < 4.78 is 0. The number of piperazine rings is 1. The first kappa shape index (κ1) is 16.3. The zero-order chi connectivity index (χ0) is 12.7. The van der Waals surface area contributed by atoms with Crippen LogP contribution < -0.4 is 35.0 Å². The van der Waals surface area contributed by atoms with Crippen molar-refractivity contribution in [2.45, 2.75) is 6.04 Å². The third-order valence-corrected chi connectivity index (χ3v) is 4.58. The third kappa shape index (κ3) is 2.69. The molecule has 1 aliphatic carbocycles. The molecule has 1 aliphatic heterocycles. The highest BCUT2D eigenvalue weighted by Gasteiger charge is 2.36. The van der Waals surface area contributed by atoms with Crippen LogP contribution in [0.15, 0.2) is 48.5 Å². The highest BCUT2D eigenvalue weighted by atomic mass is 35.5. The number of fused-ring (bicyclic) bond motifs is 3. The maximum atomic E-state index is 2.44. The van der Waals surface area contributed by atoms with Gasteiger partial charge in [-0.3, -0.25) is 0 Å². The molecule has 1 heterocycles. The third-order valence-electron chi connectivity index (χ3n) is 4.58. The average molecular weight is 323 g/mol. The van der Waals surface area contributed by atoms with Crippen molar-refractivity contribution in [3.05, 3.63) is 59.7 Å². The normalized spacial score (nSPS) is 17.3. The minimum absolute atomic E-state index is 0. The van der Waals surface area contributed by atoms with E-state index in [0.717, 1.165) is 0 Å². The first-order valence-electron chi connectivity index (χ1n) is 7.29. The maximum Gasteiger partial charge on any atom is 0.140 e. The predicted octanol–water partition coefficient (Wildman–Crippen LogP) is -5.77. The van der Waals surface area contributed by atoms with Gasteiger partial charge in [0.15, 0.2) is 0 Å². The van der Waals surface area contributed by atoms with E-state index in [4.69, 9.17) is 0 Å². The predicted molar refractivity (Wildman–Crippen MR) is 76.1 cm³/mol. The Kier molecular flexibility index (Phi) is 5.28. The van der Waals surface area contributed by atoms with Crippen molar-refractivity contribution < 1.29 is 35.0 Å². The van der Waals surface area contributed by atoms with Crippen LogP contribution in [-0.4, -0.2) is 26.2 Å². The molecule has 0 bridgehead atoms. The molecular formula is C17H20Cl2N2. The summed E-state index contributed by atoms with van der Waals surface area (Å²) in [5, 5.41) is 2.44. The van der Waals surface area contributed by atoms with Gasteiger partial charge in [0.2, 0.25) is 0 Å². The summed E-state index contributed by atoms with van der Waals surface area (Å²) in [6, 6.07) is 18.5. The SMILES string of the molecule is [Cl-].[Cl-].c1ccc2c(c1)-c1ccccc1C2[NH+]1CC[NH2+]CC1. The van der Waals surface area contributed by atoms with Gasteiger partial charge in [-0.15, -0.1) is 0 Å². The van der Waals surface area contributed by atoms with E-state index < -0.39 is 0 Å². The molecule has 0 atom stereocenters. The lowest BCUT2D eigenvalue weighted by molar-refractivity contribution is -0.967. The summed E-state index contributed by atoms with van der Waals surface area (Å²) in [5.41, 5.74) is 5.96. The number of quaternary nitrogens is 2. The minimum atomic E-state index is 0. The number of nitrogens with one attached hydrogen (secondary N) is 1. The lowest BCUT2D eigenvalue weighted by atomic mass is 10.0. The first-order valence-corrected chi connectivity index (χ1v) is 7.29. The molecule has 4 rings (SSSR count). The van der Waals surface area contributed by atoms with Gasteiger partial charge >= 0.3 is 0 Å². The van der Waals surface area contributed by atoms with Crippen LogP contribution in [0.2, 0.25) is 0 Å². The smallest absolute Gasteiger partial charge is 0.140 e. The molecule has 2 aromatic carbocycles. The average Bonchev–Trinajstić information content (AvgIpc) is 2.83. The van der Waals surface area contributed by atoms with Crippen LogP contribution in [0.5, 0.6) is 0 Å². The molecule has 4 heteroatoms. The van der Waals surface area contributed by atoms with Gasteiger partial charge in [-0.2, -0.15) is 0 Å². The van der Waals surface area contributed by atoms with Gasteiger partial charge in [-0.05, 0) is 11.1 Å². The molecule has 0 radical (unpaired) electrons. The second-order valence-corrected chi connectivity index (χ2v) is 5.63. The summed E-state index contributed by atoms with van der Waals surface area (Å²) in [7, 11) is 0. The van der Waals surface area contributed by atoms with E-state index in [2.05, 4.69) is 53.8 Å². The number of hydrogen-bond donors (Lipinski definition) is 2. The molecule has 0 saturated carbocycles. The van der Waals surface area contributed by atoms with Crippen LogP contribution in [0.25, 0.3) is 11.1 Å². The van der Waals surface area contributed by atoms with Crippen molar-refractivity contribution in [3.63, 3.8) is 0 Å². The van der Waals surface area contributed by atoms with E-state index >= 15 is 0 Å². The second-order valence-electron chi connectivity index (χ2n) is 5.63. The fraction of sp³-hybridized carbons (Fsp3) is 0.294. The van der Waals surface area contributed by atoms with Crippen molar-refractivity contribution in [2.24, 2.45) is 0 Å². The summed E-state index contributed by atoms with van der Waals surface area (Å²) >= 11 is 0. The van der Waals surface area contributed by atoms with Crippen LogP contribution >= 0.6 is 0 Å². The van der Waals surface area contributed by atoms with E-state index in [1.807, 2.05) is 0 Å². The number of rotatable bonds is 1. The van der Waals surface area contributed by atoms with Crippen LogP contribution in [0.1, 0.15) is 17.2 Å². The van der Waals surface area contributed by atoms with E-state index in [-0.39, 0.29) is 24.8 Å². The zero-order valence-electron chi connectivity index (χ0n) is 11.9. The van der Waals surface area contributed by atoms with Crippen LogP contribution in [0, 0.1) is 0 Å². The molecule has 0 spiro atoms. The Morgan fingerprint density at radius 3 is 1.76 bits per heavy atom. The molecule has 0 amide bonds. The fourth-order valence-electron chi connectivity index (χ4n) is 3.73. The van der Waals surface area contributed by atoms with Gasteiger partial charge in [0.1, 0.15) is 32.2 Å². The van der Waals surface area contributed by atoms with Gasteiger partial charge in [-0.1, -0.05) is 48.5 Å². The summed E-state index contributed by atoms with van der Waals surface area (Å²) in [4.78, 5) is 1.74. The van der Waals surface area contributed by atoms with Gasteiger partial charge < -0.3 is 35.0 Å². The summed E-state index contributed by atoms with van der Waals surface area (Å²) in [6.07, 6.45) is 0. The van der Waals surface area contributed by atoms with E-state index in [0.29, 0.717) is 6.04 Å². The van der Waals surface area contributed by atoms with Gasteiger partial charge in [0, 0.05) is 11.1 Å². The van der Waals surface area contributed by atoms with Crippen LogP contribution in [0.3, 0.4) is 0 Å². The first-order chi connectivity index (χ1) is 9.45. The molecule has 2 aliphatic rings. The Labute approximate surface area is 138 Å². The Balaban J connectivity index is 0.000000807. The van der Waals surface area contributed by atoms with Gasteiger partial charge in [0.05, 0.1) is 0 Å². The largest absolute Gasteiger partial charge is 1.00 e. The van der Waals surface area contributed by atoms with Crippen LogP contribution in [-0.2, 0) is 0 Å². The second kappa shape index (κ2) is 6.80. The van der Waals surface area contributed by atoms with E-state index in [9.17, 15) is 0 Å². The monoisotopic (exact) mass is 322 g/mol. The standard InChI is InChI=1S/C17H18N2.2ClH/c1-3-7-15-13(5-1)14-6-2-4-8-16(14)17(15)19-11-9-18-10-12-19;;/h1-8,17-18H,9-12H2;2*1H. The molecule has 21 heavy (non-hydrogen) atoms. The van der Waals surface area contributed by atoms with Crippen molar-refractivity contribution in [2.75, 3.05) is 26.2 Å². The molecule has 0 aromatic heterocycles. The highest BCUT2D eigenvalue weighted by Crippen LogP contribution is 2.41. The molecule has 1 saturated heterocycles. The van der Waals surface area contributed by atoms with Gasteiger partial charge in [0.25, 0.3) is 0 Å². The highest BCUT2D eigenvalue weighted by molar-refractivity contribution is 5.77. The Morgan fingerprint density at radius 1 is 0.762 bits per heavy atom. The number of hydrogen-bond acceptors (Lipinski definition) is 0. The minimum Gasteiger partial charge on any atom is -1.00 e. The van der Waals surface area contributed by atoms with E-state index in [1.54, 1.807) is 4.90 Å². The molecule has 2 nitrogen and oxygen atoms in total. The van der Waals surface area contributed by atoms with E-state index in [1.165, 1.54) is 48.4 Å². The van der Waals surface area contributed by atoms with Crippen molar-refractivity contribution in [3.8, 4) is 11.1 Å². The maximum absolute atomic E-state index is 2.44. The lowest BCUT2D eigenvalue weighted by Gasteiger charge is -2.29. The Morgan fingerprint density at radius 2 is 1.24 bits per heavy atom. The molecule has 0 unspecified atom stereocenters. The lowest BCUT2D eigenvalue weighted by Crippen LogP contribution is -3.20. The van der Waals surface area contributed by atoms with Crippen molar-refractivity contribution >= 4 is 0 Å². The van der Waals surface area contributed by atoms with Crippen molar-refractivity contribution in [1.29, 1.82) is 0 Å².